The predicted octanol–water partition coefficient (Wildman–Crippen LogP) is 0.107. The summed E-state index contributed by atoms with van der Waals surface area (Å²) in [5.41, 5.74) is 15.4. The molecule has 0 saturated heterocycles. The second-order valence-corrected chi connectivity index (χ2v) is 13.0. The Kier molecular flexibility index (Phi) is 33.4. The molecule has 0 bridgehead atoms. The molecule has 0 aromatic rings. The number of carbonyl (C=O) groups excluding carboxylic acids is 5. The third kappa shape index (κ3) is 31.9. The molecule has 11 N–H and O–H groups in total. The summed E-state index contributed by atoms with van der Waals surface area (Å²) >= 11 is 0. The van der Waals surface area contributed by atoms with E-state index in [1.165, 1.54) is 0 Å². The maximum absolute atomic E-state index is 13.3. The first-order valence-corrected chi connectivity index (χ1v) is 19.4. The zero-order valence-corrected chi connectivity index (χ0v) is 32.1. The average molecular weight is 755 g/mol. The molecule has 16 heteroatoms. The Bertz CT molecular complexity index is 953. The van der Waals surface area contributed by atoms with E-state index in [-0.39, 0.29) is 101 Å². The standard InChI is InChI=1S/C37H70N8O8/c1-2-22-41-32(46)14-9-7-5-3-4-6-8-10-15-36(50)45-37(29-51-26-16-33(47)42-23-11-19-38,30-52-27-17-34(48)43-24-12-20-39)31-53-28-18-35(49)44-25-13-21-40/h1H,3-31,38-40H2,(H,41,46)(H,42,47)(H,43,48)(H,44,49)(H,45,50). The van der Waals surface area contributed by atoms with Crippen LogP contribution in [0.25, 0.3) is 0 Å². The van der Waals surface area contributed by atoms with Crippen molar-refractivity contribution >= 4 is 29.5 Å². The number of unbranched alkanes of at least 4 members (excludes halogenated alkanes) is 7. The number of amides is 5. The van der Waals surface area contributed by atoms with Crippen LogP contribution in [0.1, 0.15) is 103 Å². The van der Waals surface area contributed by atoms with Crippen molar-refractivity contribution in [1.82, 2.24) is 26.6 Å². The van der Waals surface area contributed by atoms with Crippen molar-refractivity contribution in [1.29, 1.82) is 0 Å². The second-order valence-electron chi connectivity index (χ2n) is 13.0. The third-order valence-electron chi connectivity index (χ3n) is 8.01. The van der Waals surface area contributed by atoms with E-state index in [1.54, 1.807) is 0 Å². The Morgan fingerprint density at radius 1 is 0.472 bits per heavy atom. The minimum Gasteiger partial charge on any atom is -0.378 e. The molecule has 0 atom stereocenters. The summed E-state index contributed by atoms with van der Waals surface area (Å²) < 4.78 is 17.8. The Morgan fingerprint density at radius 2 is 0.811 bits per heavy atom. The van der Waals surface area contributed by atoms with Gasteiger partial charge in [0.25, 0.3) is 0 Å². The molecule has 0 aliphatic carbocycles. The molecule has 0 radical (unpaired) electrons. The predicted molar refractivity (Wildman–Crippen MR) is 205 cm³/mol. The van der Waals surface area contributed by atoms with Gasteiger partial charge in [0.05, 0.1) is 46.2 Å². The number of terminal acetylenes is 1. The van der Waals surface area contributed by atoms with Crippen LogP contribution in [-0.4, -0.2) is 121 Å². The van der Waals surface area contributed by atoms with Crippen LogP contribution in [0.15, 0.2) is 0 Å². The molecular weight excluding hydrogens is 684 g/mol. The zero-order chi connectivity index (χ0) is 39.3. The van der Waals surface area contributed by atoms with E-state index in [0.29, 0.717) is 71.4 Å². The number of ether oxygens (including phenoxy) is 3. The van der Waals surface area contributed by atoms with Crippen LogP contribution in [0.2, 0.25) is 0 Å². The summed E-state index contributed by atoms with van der Waals surface area (Å²) in [5.74, 6) is 1.65. The summed E-state index contributed by atoms with van der Waals surface area (Å²) in [6.07, 6.45) is 15.8. The van der Waals surface area contributed by atoms with Crippen LogP contribution in [0, 0.1) is 12.3 Å². The van der Waals surface area contributed by atoms with Gasteiger partial charge in [-0.15, -0.1) is 6.42 Å². The summed E-state index contributed by atoms with van der Waals surface area (Å²) in [6, 6.07) is 0. The number of nitrogens with two attached hydrogens (primary N) is 3. The minimum absolute atomic E-state index is 0.0145. The molecule has 0 aromatic carbocycles. The fourth-order valence-electron chi connectivity index (χ4n) is 5.01. The van der Waals surface area contributed by atoms with Gasteiger partial charge >= 0.3 is 0 Å². The topological polar surface area (TPSA) is 251 Å². The number of nitrogens with one attached hydrogen (secondary N) is 5. The van der Waals surface area contributed by atoms with Gasteiger partial charge in [-0.2, -0.15) is 0 Å². The van der Waals surface area contributed by atoms with E-state index in [0.717, 1.165) is 44.9 Å². The second kappa shape index (κ2) is 35.7. The Balaban J connectivity index is 5.21. The van der Waals surface area contributed by atoms with Crippen LogP contribution in [0.3, 0.4) is 0 Å². The number of carbonyl (C=O) groups is 5. The van der Waals surface area contributed by atoms with Gasteiger partial charge in [0.2, 0.25) is 29.5 Å². The van der Waals surface area contributed by atoms with Crippen molar-refractivity contribution in [3.63, 3.8) is 0 Å². The van der Waals surface area contributed by atoms with Gasteiger partial charge in [-0.25, -0.2) is 0 Å². The van der Waals surface area contributed by atoms with Crippen molar-refractivity contribution in [2.75, 3.05) is 85.5 Å². The lowest BCUT2D eigenvalue weighted by Crippen LogP contribution is -2.58. The molecule has 0 saturated carbocycles. The van der Waals surface area contributed by atoms with Gasteiger partial charge < -0.3 is 58.0 Å². The van der Waals surface area contributed by atoms with E-state index < -0.39 is 5.54 Å². The maximum Gasteiger partial charge on any atom is 0.222 e. The molecule has 0 aliphatic rings. The molecule has 0 unspecified atom stereocenters. The summed E-state index contributed by atoms with van der Waals surface area (Å²) in [6.45, 7) is 3.33. The molecular formula is C37H70N8O8. The lowest BCUT2D eigenvalue weighted by Gasteiger charge is -2.34. The lowest BCUT2D eigenvalue weighted by molar-refractivity contribution is -0.130. The van der Waals surface area contributed by atoms with Gasteiger partial charge in [0, 0.05) is 51.7 Å². The van der Waals surface area contributed by atoms with Crippen molar-refractivity contribution in [3.8, 4) is 12.3 Å². The summed E-state index contributed by atoms with van der Waals surface area (Å²) in [7, 11) is 0. The Labute approximate surface area is 317 Å². The highest BCUT2D eigenvalue weighted by Gasteiger charge is 2.34. The fourth-order valence-corrected chi connectivity index (χ4v) is 5.01. The van der Waals surface area contributed by atoms with Gasteiger partial charge in [0.1, 0.15) is 5.54 Å². The third-order valence-corrected chi connectivity index (χ3v) is 8.01. The number of hydrogen-bond donors (Lipinski definition) is 8. The Hall–Kier alpha value is -3.33. The van der Waals surface area contributed by atoms with Crippen molar-refractivity contribution in [3.05, 3.63) is 0 Å². The molecule has 0 aliphatic heterocycles. The summed E-state index contributed by atoms with van der Waals surface area (Å²) in [5, 5.41) is 14.1. The summed E-state index contributed by atoms with van der Waals surface area (Å²) in [4.78, 5) is 61.6. The molecule has 53 heavy (non-hydrogen) atoms. The fraction of sp³-hybridized carbons (Fsp3) is 0.811. The van der Waals surface area contributed by atoms with Crippen molar-refractivity contribution in [2.45, 2.75) is 108 Å². The highest BCUT2D eigenvalue weighted by Crippen LogP contribution is 2.14. The van der Waals surface area contributed by atoms with Crippen LogP contribution in [0.4, 0.5) is 0 Å². The SMILES string of the molecule is C#CCNC(=O)CCCCCCCCCCC(=O)NC(COCCC(=O)NCCCN)(COCCC(=O)NCCCN)COCCC(=O)NCCCN. The monoisotopic (exact) mass is 755 g/mol. The molecule has 0 aromatic heterocycles. The highest BCUT2D eigenvalue weighted by molar-refractivity contribution is 5.77. The molecule has 0 rings (SSSR count). The zero-order valence-electron chi connectivity index (χ0n) is 32.1. The quantitative estimate of drug-likeness (QED) is 0.0312. The molecule has 306 valence electrons. The molecule has 16 nitrogen and oxygen atoms in total. The van der Waals surface area contributed by atoms with E-state index in [9.17, 15) is 24.0 Å². The van der Waals surface area contributed by atoms with Crippen LogP contribution in [0.5, 0.6) is 0 Å². The molecule has 5 amide bonds. The van der Waals surface area contributed by atoms with Gasteiger partial charge in [0.15, 0.2) is 0 Å². The normalized spacial score (nSPS) is 11.1. The van der Waals surface area contributed by atoms with Crippen molar-refractivity contribution in [2.24, 2.45) is 17.2 Å². The number of hydrogen-bond acceptors (Lipinski definition) is 11. The smallest absolute Gasteiger partial charge is 0.222 e. The van der Waals surface area contributed by atoms with E-state index in [4.69, 9.17) is 37.8 Å². The largest absolute Gasteiger partial charge is 0.378 e. The van der Waals surface area contributed by atoms with E-state index >= 15 is 0 Å². The highest BCUT2D eigenvalue weighted by atomic mass is 16.5. The van der Waals surface area contributed by atoms with Crippen molar-refractivity contribution < 1.29 is 38.2 Å². The van der Waals surface area contributed by atoms with Gasteiger partial charge in [-0.05, 0) is 51.7 Å². The minimum atomic E-state index is -1.14. The van der Waals surface area contributed by atoms with Crippen LogP contribution >= 0.6 is 0 Å². The van der Waals surface area contributed by atoms with Crippen LogP contribution in [-0.2, 0) is 38.2 Å². The number of rotatable bonds is 37. The Morgan fingerprint density at radius 3 is 1.17 bits per heavy atom. The van der Waals surface area contributed by atoms with Gasteiger partial charge in [-0.3, -0.25) is 24.0 Å². The molecule has 0 spiro atoms. The van der Waals surface area contributed by atoms with Crippen LogP contribution < -0.4 is 43.8 Å². The first-order chi connectivity index (χ1) is 25.7. The average Bonchev–Trinajstić information content (AvgIpc) is 3.14. The van der Waals surface area contributed by atoms with Gasteiger partial charge in [-0.1, -0.05) is 44.4 Å². The lowest BCUT2D eigenvalue weighted by atomic mass is 10.0. The first kappa shape index (κ1) is 49.7. The van der Waals surface area contributed by atoms with E-state index in [2.05, 4.69) is 32.5 Å². The molecule has 0 fully saturated rings. The first-order valence-electron chi connectivity index (χ1n) is 19.4. The molecule has 0 heterocycles. The maximum atomic E-state index is 13.3. The van der Waals surface area contributed by atoms with E-state index in [1.807, 2.05) is 0 Å².